The summed E-state index contributed by atoms with van der Waals surface area (Å²) >= 11 is 0. The van der Waals surface area contributed by atoms with Gasteiger partial charge in [-0.25, -0.2) is 0 Å². The molecular formula is C16H26N2O3. The molecule has 3 fully saturated rings. The fourth-order valence-electron chi connectivity index (χ4n) is 3.87. The maximum atomic E-state index is 13.1. The molecule has 2 heterocycles. The predicted octanol–water partition coefficient (Wildman–Crippen LogP) is 1.46. The van der Waals surface area contributed by atoms with Crippen LogP contribution in [0.15, 0.2) is 0 Å². The van der Waals surface area contributed by atoms with Crippen molar-refractivity contribution in [2.24, 2.45) is 5.92 Å². The number of nitrogens with one attached hydrogen (secondary N) is 1. The van der Waals surface area contributed by atoms with Gasteiger partial charge in [0.25, 0.3) is 0 Å². The second-order valence-corrected chi connectivity index (χ2v) is 7.27. The van der Waals surface area contributed by atoms with Crippen LogP contribution in [0.3, 0.4) is 0 Å². The van der Waals surface area contributed by atoms with E-state index < -0.39 is 11.1 Å². The van der Waals surface area contributed by atoms with Gasteiger partial charge < -0.3 is 15.0 Å². The molecule has 1 aliphatic carbocycles. The van der Waals surface area contributed by atoms with Crippen molar-refractivity contribution < 1.29 is 14.3 Å². The topological polar surface area (TPSA) is 58.6 Å². The third kappa shape index (κ3) is 2.45. The van der Waals surface area contributed by atoms with E-state index >= 15 is 0 Å². The first-order valence-electron chi connectivity index (χ1n) is 8.18. The molecule has 3 aliphatic rings. The molecule has 2 amide bonds. The van der Waals surface area contributed by atoms with Crippen LogP contribution in [0.4, 0.5) is 0 Å². The van der Waals surface area contributed by atoms with E-state index in [0.717, 1.165) is 51.7 Å². The van der Waals surface area contributed by atoms with Crippen LogP contribution in [-0.2, 0) is 14.3 Å². The van der Waals surface area contributed by atoms with Gasteiger partial charge >= 0.3 is 0 Å². The summed E-state index contributed by atoms with van der Waals surface area (Å²) in [4.78, 5) is 27.5. The van der Waals surface area contributed by atoms with Gasteiger partial charge in [0.1, 0.15) is 11.1 Å². The highest BCUT2D eigenvalue weighted by atomic mass is 16.5. The molecule has 0 radical (unpaired) electrons. The lowest BCUT2D eigenvalue weighted by Gasteiger charge is -2.50. The number of carbonyl (C=O) groups is 2. The summed E-state index contributed by atoms with van der Waals surface area (Å²) in [5.41, 5.74) is -1.36. The average Bonchev–Trinajstić information content (AvgIpc) is 2.93. The number of nitrogens with zero attached hydrogens (tertiary/aromatic N) is 1. The van der Waals surface area contributed by atoms with E-state index in [0.29, 0.717) is 12.5 Å². The molecule has 2 saturated heterocycles. The summed E-state index contributed by atoms with van der Waals surface area (Å²) in [5.74, 6) is 0.582. The number of carbonyl (C=O) groups excluding carboxylic acids is 2. The standard InChI is InChI=1S/C16H26N2O3/c1-15(2)13(19)17-16(7-3-4-8-16)14(20)18(15)11-12-5-9-21-10-6-12/h12H,3-11H2,1-2H3,(H,17,19). The maximum Gasteiger partial charge on any atom is 0.249 e. The van der Waals surface area contributed by atoms with Crippen LogP contribution >= 0.6 is 0 Å². The van der Waals surface area contributed by atoms with Gasteiger partial charge in [-0.3, -0.25) is 9.59 Å². The normalized spacial score (nSPS) is 29.0. The van der Waals surface area contributed by atoms with Gasteiger partial charge in [-0.2, -0.15) is 0 Å². The molecule has 118 valence electrons. The van der Waals surface area contributed by atoms with Crippen LogP contribution in [0.5, 0.6) is 0 Å². The van der Waals surface area contributed by atoms with Gasteiger partial charge in [-0.1, -0.05) is 12.8 Å². The molecule has 1 spiro atoms. The molecule has 0 aromatic carbocycles. The van der Waals surface area contributed by atoms with Gasteiger partial charge in [0.15, 0.2) is 0 Å². The number of piperazine rings is 1. The first-order valence-corrected chi connectivity index (χ1v) is 8.18. The molecule has 1 N–H and O–H groups in total. The summed E-state index contributed by atoms with van der Waals surface area (Å²) in [7, 11) is 0. The first-order chi connectivity index (χ1) is 9.96. The van der Waals surface area contributed by atoms with Crippen LogP contribution in [-0.4, -0.2) is 47.6 Å². The monoisotopic (exact) mass is 294 g/mol. The largest absolute Gasteiger partial charge is 0.381 e. The Kier molecular flexibility index (Phi) is 3.72. The lowest BCUT2D eigenvalue weighted by atomic mass is 9.84. The highest BCUT2D eigenvalue weighted by molar-refractivity contribution is 6.02. The second-order valence-electron chi connectivity index (χ2n) is 7.27. The Morgan fingerprint density at radius 3 is 2.43 bits per heavy atom. The number of hydrogen-bond donors (Lipinski definition) is 1. The van der Waals surface area contributed by atoms with E-state index in [1.54, 1.807) is 0 Å². The minimum absolute atomic E-state index is 0.00365. The van der Waals surface area contributed by atoms with Crippen LogP contribution in [0.25, 0.3) is 0 Å². The molecule has 0 bridgehead atoms. The average molecular weight is 294 g/mol. The van der Waals surface area contributed by atoms with E-state index in [2.05, 4.69) is 5.32 Å². The van der Waals surface area contributed by atoms with Gasteiger partial charge in [0.05, 0.1) is 0 Å². The van der Waals surface area contributed by atoms with Crippen molar-refractivity contribution in [3.8, 4) is 0 Å². The van der Waals surface area contributed by atoms with Crippen molar-refractivity contribution in [2.45, 2.75) is 63.5 Å². The number of ether oxygens (including phenoxy) is 1. The van der Waals surface area contributed by atoms with E-state index in [1.165, 1.54) is 0 Å². The van der Waals surface area contributed by atoms with Crippen molar-refractivity contribution in [3.63, 3.8) is 0 Å². The summed E-state index contributed by atoms with van der Waals surface area (Å²) in [6.07, 6.45) is 5.59. The number of rotatable bonds is 2. The Bertz CT molecular complexity index is 435. The quantitative estimate of drug-likeness (QED) is 0.839. The predicted molar refractivity (Wildman–Crippen MR) is 78.7 cm³/mol. The molecule has 1 saturated carbocycles. The Balaban J connectivity index is 1.82. The molecular weight excluding hydrogens is 268 g/mol. The Hall–Kier alpha value is -1.10. The van der Waals surface area contributed by atoms with E-state index in [-0.39, 0.29) is 11.8 Å². The van der Waals surface area contributed by atoms with Crippen LogP contribution in [0.1, 0.15) is 52.4 Å². The molecule has 0 unspecified atom stereocenters. The second kappa shape index (κ2) is 5.27. The van der Waals surface area contributed by atoms with E-state index in [9.17, 15) is 9.59 Å². The van der Waals surface area contributed by atoms with Crippen molar-refractivity contribution >= 4 is 11.8 Å². The van der Waals surface area contributed by atoms with Gasteiger partial charge in [0, 0.05) is 19.8 Å². The van der Waals surface area contributed by atoms with Crippen molar-refractivity contribution in [3.05, 3.63) is 0 Å². The van der Waals surface area contributed by atoms with Gasteiger partial charge in [-0.05, 0) is 45.4 Å². The highest BCUT2D eigenvalue weighted by Crippen LogP contribution is 2.38. The number of amides is 2. The van der Waals surface area contributed by atoms with Crippen molar-refractivity contribution in [1.29, 1.82) is 0 Å². The summed E-state index contributed by atoms with van der Waals surface area (Å²) in [5, 5.41) is 3.04. The lowest BCUT2D eigenvalue weighted by Crippen LogP contribution is -2.73. The van der Waals surface area contributed by atoms with Crippen molar-refractivity contribution in [1.82, 2.24) is 10.2 Å². The fraction of sp³-hybridized carbons (Fsp3) is 0.875. The molecule has 21 heavy (non-hydrogen) atoms. The molecule has 5 nitrogen and oxygen atoms in total. The number of hydrogen-bond acceptors (Lipinski definition) is 3. The first kappa shape index (κ1) is 14.8. The maximum absolute atomic E-state index is 13.1. The van der Waals surface area contributed by atoms with Gasteiger partial charge in [-0.15, -0.1) is 0 Å². The highest BCUT2D eigenvalue weighted by Gasteiger charge is 2.55. The Morgan fingerprint density at radius 2 is 1.81 bits per heavy atom. The Morgan fingerprint density at radius 1 is 1.19 bits per heavy atom. The third-order valence-corrected chi connectivity index (χ3v) is 5.48. The van der Waals surface area contributed by atoms with Crippen LogP contribution in [0, 0.1) is 5.92 Å². The zero-order valence-corrected chi connectivity index (χ0v) is 13.1. The lowest BCUT2D eigenvalue weighted by molar-refractivity contribution is -0.162. The minimum atomic E-state index is -0.747. The third-order valence-electron chi connectivity index (χ3n) is 5.48. The van der Waals surface area contributed by atoms with Crippen molar-refractivity contribution in [2.75, 3.05) is 19.8 Å². The van der Waals surface area contributed by atoms with E-state index in [1.807, 2.05) is 18.7 Å². The molecule has 5 heteroatoms. The summed E-state index contributed by atoms with van der Waals surface area (Å²) in [6.45, 7) is 5.95. The molecule has 0 aromatic rings. The van der Waals surface area contributed by atoms with Crippen LogP contribution < -0.4 is 5.32 Å². The molecule has 2 aliphatic heterocycles. The fourth-order valence-corrected chi connectivity index (χ4v) is 3.87. The zero-order chi connectivity index (χ0) is 15.1. The summed E-state index contributed by atoms with van der Waals surface area (Å²) < 4.78 is 5.40. The zero-order valence-electron chi connectivity index (χ0n) is 13.1. The summed E-state index contributed by atoms with van der Waals surface area (Å²) in [6, 6.07) is 0. The SMILES string of the molecule is CC1(C)C(=O)NC2(CCCC2)C(=O)N1CC1CCOCC1. The molecule has 0 atom stereocenters. The molecule has 0 aromatic heterocycles. The van der Waals surface area contributed by atoms with Gasteiger partial charge in [0.2, 0.25) is 11.8 Å². The smallest absolute Gasteiger partial charge is 0.249 e. The Labute approximate surface area is 126 Å². The van der Waals surface area contributed by atoms with E-state index in [4.69, 9.17) is 4.74 Å². The van der Waals surface area contributed by atoms with Crippen LogP contribution in [0.2, 0.25) is 0 Å². The minimum Gasteiger partial charge on any atom is -0.381 e. The molecule has 3 rings (SSSR count).